The van der Waals surface area contributed by atoms with Crippen molar-refractivity contribution in [2.75, 3.05) is 66.0 Å². The maximum atomic E-state index is 5.42. The minimum Gasteiger partial charge on any atom is -0.377 e. The van der Waals surface area contributed by atoms with E-state index in [1.807, 2.05) is 0 Å². The molecule has 1 saturated heterocycles. The first-order valence-corrected chi connectivity index (χ1v) is 9.52. The molecule has 0 spiro atoms. The predicted molar refractivity (Wildman–Crippen MR) is 103 cm³/mol. The maximum Gasteiger partial charge on any atom is 0.191 e. The number of nitrogens with one attached hydrogen (secondary N) is 2. The quantitative estimate of drug-likeness (QED) is 0.357. The van der Waals surface area contributed by atoms with Crippen molar-refractivity contribution in [1.29, 1.82) is 0 Å². The fourth-order valence-electron chi connectivity index (χ4n) is 2.67. The Bertz CT molecular complexity index is 351. The molecule has 142 valence electrons. The molecular weight excluding hydrogens is 302 g/mol. The summed E-state index contributed by atoms with van der Waals surface area (Å²) in [6.45, 7) is 18.2. The van der Waals surface area contributed by atoms with Crippen molar-refractivity contribution in [2.24, 2.45) is 4.99 Å². The minimum absolute atomic E-state index is 0.219. The van der Waals surface area contributed by atoms with Crippen molar-refractivity contribution in [1.82, 2.24) is 20.4 Å². The number of piperazine rings is 1. The summed E-state index contributed by atoms with van der Waals surface area (Å²) in [5.74, 6) is 0.888. The normalized spacial score (nSPS) is 18.0. The molecule has 0 atom stereocenters. The zero-order valence-corrected chi connectivity index (χ0v) is 16.5. The van der Waals surface area contributed by atoms with Crippen LogP contribution in [0.5, 0.6) is 0 Å². The second kappa shape index (κ2) is 11.7. The van der Waals surface area contributed by atoms with Gasteiger partial charge in [0.1, 0.15) is 0 Å². The largest absolute Gasteiger partial charge is 0.377 e. The molecule has 2 N–H and O–H groups in total. The van der Waals surface area contributed by atoms with Gasteiger partial charge in [0, 0.05) is 46.4 Å². The van der Waals surface area contributed by atoms with Crippen LogP contribution in [0, 0.1) is 0 Å². The van der Waals surface area contributed by atoms with E-state index in [2.05, 4.69) is 53.1 Å². The first-order chi connectivity index (χ1) is 11.5. The maximum absolute atomic E-state index is 5.42. The highest BCUT2D eigenvalue weighted by molar-refractivity contribution is 5.79. The molecule has 1 rings (SSSR count). The lowest BCUT2D eigenvalue weighted by molar-refractivity contribution is 0.0310. The van der Waals surface area contributed by atoms with E-state index in [1.165, 1.54) is 52.1 Å². The van der Waals surface area contributed by atoms with Crippen LogP contribution >= 0.6 is 0 Å². The van der Waals surface area contributed by atoms with Crippen molar-refractivity contribution in [3.63, 3.8) is 0 Å². The molecule has 24 heavy (non-hydrogen) atoms. The van der Waals surface area contributed by atoms with Gasteiger partial charge in [-0.15, -0.1) is 0 Å². The molecule has 6 heteroatoms. The number of hydrogen-bond acceptors (Lipinski definition) is 4. The van der Waals surface area contributed by atoms with E-state index in [1.54, 1.807) is 7.11 Å². The highest BCUT2D eigenvalue weighted by atomic mass is 16.5. The van der Waals surface area contributed by atoms with Gasteiger partial charge < -0.3 is 25.2 Å². The van der Waals surface area contributed by atoms with E-state index in [0.29, 0.717) is 6.54 Å². The van der Waals surface area contributed by atoms with Gasteiger partial charge in [-0.05, 0) is 46.7 Å². The molecule has 0 aromatic rings. The molecule has 0 aliphatic carbocycles. The van der Waals surface area contributed by atoms with Crippen molar-refractivity contribution in [2.45, 2.75) is 46.1 Å². The lowest BCUT2D eigenvalue weighted by Crippen LogP contribution is -2.46. The van der Waals surface area contributed by atoms with Gasteiger partial charge in [0.2, 0.25) is 0 Å². The molecule has 1 aliphatic heterocycles. The second-order valence-electron chi connectivity index (χ2n) is 7.07. The zero-order chi connectivity index (χ0) is 17.8. The third kappa shape index (κ3) is 8.85. The van der Waals surface area contributed by atoms with Gasteiger partial charge in [-0.2, -0.15) is 0 Å². The third-order valence-corrected chi connectivity index (χ3v) is 4.62. The molecule has 0 unspecified atom stereocenters. The summed E-state index contributed by atoms with van der Waals surface area (Å²) in [5, 5.41) is 6.73. The summed E-state index contributed by atoms with van der Waals surface area (Å²) in [6.07, 6.45) is 2.41. The van der Waals surface area contributed by atoms with Crippen LogP contribution in [0.25, 0.3) is 0 Å². The Kier molecular flexibility index (Phi) is 10.3. The summed E-state index contributed by atoms with van der Waals surface area (Å²) >= 11 is 0. The Hall–Kier alpha value is -0.850. The predicted octanol–water partition coefficient (Wildman–Crippen LogP) is 1.38. The molecule has 6 nitrogen and oxygen atoms in total. The van der Waals surface area contributed by atoms with Gasteiger partial charge in [0.15, 0.2) is 5.96 Å². The highest BCUT2D eigenvalue weighted by Crippen LogP contribution is 2.07. The van der Waals surface area contributed by atoms with Crippen LogP contribution in [0.2, 0.25) is 0 Å². The van der Waals surface area contributed by atoms with Gasteiger partial charge in [-0.3, -0.25) is 4.99 Å². The Morgan fingerprint density at radius 2 is 1.71 bits per heavy atom. The van der Waals surface area contributed by atoms with E-state index in [0.717, 1.165) is 19.0 Å². The number of rotatable bonds is 10. The molecule has 0 aromatic carbocycles. The number of nitrogens with zero attached hydrogens (tertiary/aromatic N) is 3. The van der Waals surface area contributed by atoms with E-state index < -0.39 is 0 Å². The van der Waals surface area contributed by atoms with Crippen LogP contribution in [-0.4, -0.2) is 87.4 Å². The van der Waals surface area contributed by atoms with Gasteiger partial charge in [-0.1, -0.05) is 6.92 Å². The fourth-order valence-corrected chi connectivity index (χ4v) is 2.67. The standard InChI is InChI=1S/C18H39N5O/c1-6-19-17(21-16-18(3,4)24-5)20-10-8-9-11-23-14-12-22(7-2)13-15-23/h6-16H2,1-5H3,(H2,19,20,21). The molecule has 0 bridgehead atoms. The smallest absolute Gasteiger partial charge is 0.191 e. The van der Waals surface area contributed by atoms with Crippen LogP contribution in [-0.2, 0) is 4.74 Å². The summed E-state index contributed by atoms with van der Waals surface area (Å²) in [7, 11) is 1.73. The van der Waals surface area contributed by atoms with Crippen LogP contribution in [0.15, 0.2) is 4.99 Å². The van der Waals surface area contributed by atoms with Gasteiger partial charge in [-0.25, -0.2) is 0 Å². The number of aliphatic imine (C=N–C) groups is 1. The van der Waals surface area contributed by atoms with Crippen molar-refractivity contribution < 1.29 is 4.74 Å². The molecule has 1 aliphatic rings. The summed E-state index contributed by atoms with van der Waals surface area (Å²) in [5.41, 5.74) is -0.219. The van der Waals surface area contributed by atoms with Crippen molar-refractivity contribution >= 4 is 5.96 Å². The van der Waals surface area contributed by atoms with Gasteiger partial charge in [0.05, 0.1) is 12.1 Å². The van der Waals surface area contributed by atoms with E-state index in [4.69, 9.17) is 4.74 Å². The minimum atomic E-state index is -0.219. The average Bonchev–Trinajstić information content (AvgIpc) is 2.60. The first kappa shape index (κ1) is 21.2. The Labute approximate surface area is 149 Å². The average molecular weight is 342 g/mol. The first-order valence-electron chi connectivity index (χ1n) is 9.52. The Balaban J connectivity index is 2.18. The lowest BCUT2D eigenvalue weighted by atomic mass is 10.1. The SMILES string of the molecule is CCNC(=NCC(C)(C)OC)NCCCCN1CCN(CC)CC1. The monoisotopic (exact) mass is 341 g/mol. The van der Waals surface area contributed by atoms with Gasteiger partial charge >= 0.3 is 0 Å². The Morgan fingerprint density at radius 1 is 1.04 bits per heavy atom. The Morgan fingerprint density at radius 3 is 2.29 bits per heavy atom. The zero-order valence-electron chi connectivity index (χ0n) is 16.5. The summed E-state index contributed by atoms with van der Waals surface area (Å²) < 4.78 is 5.42. The van der Waals surface area contributed by atoms with Crippen LogP contribution < -0.4 is 10.6 Å². The highest BCUT2D eigenvalue weighted by Gasteiger charge is 2.16. The number of methoxy groups -OCH3 is 1. The molecule has 1 fully saturated rings. The summed E-state index contributed by atoms with van der Waals surface area (Å²) in [4.78, 5) is 9.73. The molecule has 0 saturated carbocycles. The number of unbranched alkanes of at least 4 members (excludes halogenated alkanes) is 1. The molecule has 1 heterocycles. The van der Waals surface area contributed by atoms with E-state index >= 15 is 0 Å². The molecule has 0 amide bonds. The summed E-state index contributed by atoms with van der Waals surface area (Å²) in [6, 6.07) is 0. The number of hydrogen-bond donors (Lipinski definition) is 2. The molecular formula is C18H39N5O. The molecule has 0 aromatic heterocycles. The van der Waals surface area contributed by atoms with Gasteiger partial charge in [0.25, 0.3) is 0 Å². The van der Waals surface area contributed by atoms with E-state index in [9.17, 15) is 0 Å². The number of ether oxygens (including phenoxy) is 1. The van der Waals surface area contributed by atoms with E-state index in [-0.39, 0.29) is 5.60 Å². The molecule has 0 radical (unpaired) electrons. The second-order valence-corrected chi connectivity index (χ2v) is 7.07. The van der Waals surface area contributed by atoms with Crippen molar-refractivity contribution in [3.05, 3.63) is 0 Å². The van der Waals surface area contributed by atoms with Crippen LogP contribution in [0.1, 0.15) is 40.5 Å². The lowest BCUT2D eigenvalue weighted by Gasteiger charge is -2.34. The topological polar surface area (TPSA) is 52.1 Å². The van der Waals surface area contributed by atoms with Crippen molar-refractivity contribution in [3.8, 4) is 0 Å². The third-order valence-electron chi connectivity index (χ3n) is 4.62. The fraction of sp³-hybridized carbons (Fsp3) is 0.944. The number of guanidine groups is 1. The van der Waals surface area contributed by atoms with Crippen LogP contribution in [0.3, 0.4) is 0 Å². The van der Waals surface area contributed by atoms with Crippen LogP contribution in [0.4, 0.5) is 0 Å². The number of likely N-dealkylation sites (N-methyl/N-ethyl adjacent to an activating group) is 1.